The maximum Gasteiger partial charge on any atom is 0.256 e. The first kappa shape index (κ1) is 18.7. The minimum absolute atomic E-state index is 0.0925. The quantitative estimate of drug-likeness (QED) is 0.698. The molecule has 3 heterocycles. The summed E-state index contributed by atoms with van der Waals surface area (Å²) < 4.78 is 1.80. The number of hydrogen-bond acceptors (Lipinski definition) is 5. The number of fused-ring (bicyclic) bond motifs is 1. The Balaban J connectivity index is 1.47. The molecule has 0 fully saturated rings. The second-order valence-corrected chi connectivity index (χ2v) is 6.98. The zero-order valence-corrected chi connectivity index (χ0v) is 16.3. The summed E-state index contributed by atoms with van der Waals surface area (Å²) in [6, 6.07) is 12.9. The molecule has 2 N–H and O–H groups in total. The lowest BCUT2D eigenvalue weighted by atomic mass is 10.1. The molecule has 4 rings (SSSR count). The first-order valence-corrected chi connectivity index (χ1v) is 9.40. The van der Waals surface area contributed by atoms with Crippen molar-refractivity contribution in [1.82, 2.24) is 20.1 Å². The number of nitrogens with one attached hydrogen (secondary N) is 2. The van der Waals surface area contributed by atoms with Gasteiger partial charge in [0.2, 0.25) is 5.91 Å². The molecule has 0 saturated carbocycles. The van der Waals surface area contributed by atoms with Crippen LogP contribution < -0.4 is 15.5 Å². The Bertz CT molecular complexity index is 1060. The van der Waals surface area contributed by atoms with Gasteiger partial charge in [-0.25, -0.2) is 4.98 Å². The number of aromatic nitrogens is 3. The van der Waals surface area contributed by atoms with Crippen LogP contribution in [-0.4, -0.2) is 33.6 Å². The fraction of sp³-hybridized carbons (Fsp3) is 0.238. The van der Waals surface area contributed by atoms with E-state index < -0.39 is 0 Å². The van der Waals surface area contributed by atoms with E-state index in [1.165, 1.54) is 0 Å². The minimum atomic E-state index is -0.367. The van der Waals surface area contributed by atoms with Gasteiger partial charge in [0, 0.05) is 43.8 Å². The molecule has 8 heteroatoms. The van der Waals surface area contributed by atoms with Crippen molar-refractivity contribution >= 4 is 23.3 Å². The normalized spacial score (nSPS) is 15.6. The molecule has 8 nitrogen and oxygen atoms in total. The lowest BCUT2D eigenvalue weighted by molar-refractivity contribution is -0.116. The number of nitrogens with zero attached hydrogens (tertiary/aromatic N) is 4. The number of hydrogen-bond donors (Lipinski definition) is 2. The van der Waals surface area contributed by atoms with Crippen molar-refractivity contribution in [2.24, 2.45) is 0 Å². The van der Waals surface area contributed by atoms with Gasteiger partial charge >= 0.3 is 0 Å². The van der Waals surface area contributed by atoms with Crippen LogP contribution in [0.3, 0.4) is 0 Å². The first-order valence-electron chi connectivity index (χ1n) is 9.40. The average molecular weight is 390 g/mol. The molecule has 1 aliphatic rings. The van der Waals surface area contributed by atoms with Crippen molar-refractivity contribution in [3.05, 3.63) is 71.7 Å². The van der Waals surface area contributed by atoms with Gasteiger partial charge in [-0.05, 0) is 42.8 Å². The summed E-state index contributed by atoms with van der Waals surface area (Å²) in [5.74, 6) is 0.371. The number of anilines is 2. The Kier molecular flexibility index (Phi) is 4.99. The Morgan fingerprint density at radius 3 is 2.86 bits per heavy atom. The number of carbonyl (C=O) groups excluding carboxylic acids is 2. The lowest BCUT2D eigenvalue weighted by Gasteiger charge is -2.35. The van der Waals surface area contributed by atoms with Crippen molar-refractivity contribution < 1.29 is 9.59 Å². The van der Waals surface area contributed by atoms with Gasteiger partial charge in [0.15, 0.2) is 0 Å². The number of carbonyl (C=O) groups is 2. The molecule has 29 heavy (non-hydrogen) atoms. The molecule has 0 unspecified atom stereocenters. The van der Waals surface area contributed by atoms with Crippen LogP contribution >= 0.6 is 0 Å². The van der Waals surface area contributed by atoms with E-state index >= 15 is 0 Å². The highest BCUT2D eigenvalue weighted by atomic mass is 16.2. The summed E-state index contributed by atoms with van der Waals surface area (Å²) in [7, 11) is 1.88. The molecule has 0 bridgehead atoms. The molecule has 1 aliphatic heterocycles. The molecule has 0 spiro atoms. The predicted molar refractivity (Wildman–Crippen MR) is 109 cm³/mol. The van der Waals surface area contributed by atoms with E-state index in [2.05, 4.69) is 20.7 Å². The number of benzene rings is 1. The van der Waals surface area contributed by atoms with Crippen LogP contribution in [-0.2, 0) is 11.3 Å². The third kappa shape index (κ3) is 3.82. The fourth-order valence-electron chi connectivity index (χ4n) is 3.43. The molecule has 3 aromatic rings. The van der Waals surface area contributed by atoms with Crippen LogP contribution in [0.4, 0.5) is 11.5 Å². The molecule has 0 radical (unpaired) electrons. The van der Waals surface area contributed by atoms with E-state index in [9.17, 15) is 9.59 Å². The van der Waals surface area contributed by atoms with Crippen LogP contribution in [0, 0.1) is 6.92 Å². The van der Waals surface area contributed by atoms with Crippen LogP contribution in [0.2, 0.25) is 0 Å². The van der Waals surface area contributed by atoms with Crippen molar-refractivity contribution in [1.29, 1.82) is 0 Å². The van der Waals surface area contributed by atoms with Gasteiger partial charge in [-0.1, -0.05) is 12.1 Å². The van der Waals surface area contributed by atoms with E-state index in [4.69, 9.17) is 0 Å². The second-order valence-electron chi connectivity index (χ2n) is 6.98. The van der Waals surface area contributed by atoms with Gasteiger partial charge in [-0.2, -0.15) is 5.10 Å². The van der Waals surface area contributed by atoms with E-state index in [0.717, 1.165) is 11.3 Å². The Labute approximate surface area is 168 Å². The molecule has 1 atom stereocenters. The van der Waals surface area contributed by atoms with E-state index in [-0.39, 0.29) is 18.0 Å². The summed E-state index contributed by atoms with van der Waals surface area (Å²) in [5, 5.41) is 10.1. The minimum Gasteiger partial charge on any atom is -0.335 e. The third-order valence-corrected chi connectivity index (χ3v) is 4.99. The zero-order valence-electron chi connectivity index (χ0n) is 16.3. The molecule has 148 valence electrons. The molecule has 0 aliphatic carbocycles. The van der Waals surface area contributed by atoms with Gasteiger partial charge in [0.25, 0.3) is 5.91 Å². The SMILES string of the molecule is Cc1ccnn1CCC(=O)Nc1cccc([C@@H]2NC(=O)c3cccnc3N2C)c1. The van der Waals surface area contributed by atoms with E-state index in [1.807, 2.05) is 49.2 Å². The smallest absolute Gasteiger partial charge is 0.256 e. The van der Waals surface area contributed by atoms with Gasteiger partial charge < -0.3 is 15.5 Å². The summed E-state index contributed by atoms with van der Waals surface area (Å²) >= 11 is 0. The predicted octanol–water partition coefficient (Wildman–Crippen LogP) is 2.49. The molecule has 0 saturated heterocycles. The zero-order chi connectivity index (χ0) is 20.4. The molecule has 1 aromatic carbocycles. The topological polar surface area (TPSA) is 92.2 Å². The third-order valence-electron chi connectivity index (χ3n) is 4.99. The number of aryl methyl sites for hydroxylation is 2. The second kappa shape index (κ2) is 7.75. The number of amides is 2. The largest absolute Gasteiger partial charge is 0.335 e. The first-order chi connectivity index (χ1) is 14.0. The van der Waals surface area contributed by atoms with Crippen molar-refractivity contribution in [2.75, 3.05) is 17.3 Å². The standard InChI is InChI=1S/C21H22N6O2/c1-14-8-11-23-27(14)12-9-18(28)24-16-6-3-5-15(13-16)19-25-21(29)17-7-4-10-22-20(17)26(19)2/h3-8,10-11,13,19H,9,12H2,1-2H3,(H,24,28)(H,25,29)/t19-/m1/s1. The Hall–Kier alpha value is -3.68. The van der Waals surface area contributed by atoms with Crippen molar-refractivity contribution in [2.45, 2.75) is 26.1 Å². The Morgan fingerprint density at radius 1 is 1.21 bits per heavy atom. The molecular formula is C21H22N6O2. The average Bonchev–Trinajstić information content (AvgIpc) is 3.14. The van der Waals surface area contributed by atoms with Gasteiger partial charge in [-0.15, -0.1) is 0 Å². The molecule has 2 amide bonds. The highest BCUT2D eigenvalue weighted by Gasteiger charge is 2.30. The molecular weight excluding hydrogens is 368 g/mol. The lowest BCUT2D eigenvalue weighted by Crippen LogP contribution is -2.45. The molecule has 2 aromatic heterocycles. The van der Waals surface area contributed by atoms with E-state index in [1.54, 1.807) is 29.2 Å². The fourth-order valence-corrected chi connectivity index (χ4v) is 3.43. The highest BCUT2D eigenvalue weighted by Crippen LogP contribution is 2.30. The van der Waals surface area contributed by atoms with Gasteiger partial charge in [0.05, 0.1) is 5.56 Å². The summed E-state index contributed by atoms with van der Waals surface area (Å²) in [6.45, 7) is 2.48. The van der Waals surface area contributed by atoms with Gasteiger partial charge in [-0.3, -0.25) is 14.3 Å². The van der Waals surface area contributed by atoms with Gasteiger partial charge in [0.1, 0.15) is 12.0 Å². The Morgan fingerprint density at radius 2 is 2.07 bits per heavy atom. The summed E-state index contributed by atoms with van der Waals surface area (Å²) in [5.41, 5.74) is 3.10. The maximum atomic E-state index is 12.4. The van der Waals surface area contributed by atoms with Crippen LogP contribution in [0.15, 0.2) is 54.9 Å². The summed E-state index contributed by atoms with van der Waals surface area (Å²) in [6.07, 6.45) is 3.35. The van der Waals surface area contributed by atoms with Crippen LogP contribution in [0.5, 0.6) is 0 Å². The van der Waals surface area contributed by atoms with Crippen LogP contribution in [0.25, 0.3) is 0 Å². The monoisotopic (exact) mass is 390 g/mol. The summed E-state index contributed by atoms with van der Waals surface area (Å²) in [4.78, 5) is 31.0. The van der Waals surface area contributed by atoms with Crippen molar-refractivity contribution in [3.63, 3.8) is 0 Å². The maximum absolute atomic E-state index is 12.4. The number of pyridine rings is 1. The van der Waals surface area contributed by atoms with Crippen LogP contribution in [0.1, 0.15) is 34.2 Å². The van der Waals surface area contributed by atoms with Crippen molar-refractivity contribution in [3.8, 4) is 0 Å². The highest BCUT2D eigenvalue weighted by molar-refractivity contribution is 6.01. The van der Waals surface area contributed by atoms with E-state index in [0.29, 0.717) is 30.0 Å². The number of rotatable bonds is 5.